The van der Waals surface area contributed by atoms with Crippen molar-refractivity contribution in [3.8, 4) is 0 Å². The van der Waals surface area contributed by atoms with E-state index < -0.39 is 0 Å². The Bertz CT molecular complexity index is 503. The van der Waals surface area contributed by atoms with E-state index in [4.69, 9.17) is 10.2 Å². The fourth-order valence-electron chi connectivity index (χ4n) is 1.95. The molecule has 0 amide bonds. The number of hydrogen-bond acceptors (Lipinski definition) is 2. The van der Waals surface area contributed by atoms with E-state index in [1.807, 2.05) is 12.1 Å². The molecule has 2 rings (SSSR count). The second-order valence-corrected chi connectivity index (χ2v) is 5.70. The predicted octanol–water partition coefficient (Wildman–Crippen LogP) is 3.63. The molecule has 2 heteroatoms. The van der Waals surface area contributed by atoms with Crippen molar-refractivity contribution >= 4 is 0 Å². The Morgan fingerprint density at radius 2 is 1.56 bits per heavy atom. The van der Waals surface area contributed by atoms with Crippen molar-refractivity contribution in [2.24, 2.45) is 5.73 Å². The van der Waals surface area contributed by atoms with Crippen LogP contribution in [-0.4, -0.2) is 0 Å². The zero-order valence-electron chi connectivity index (χ0n) is 11.4. The molecule has 0 aliphatic rings. The molecule has 0 unspecified atom stereocenters. The van der Waals surface area contributed by atoms with Crippen LogP contribution in [0.25, 0.3) is 0 Å². The highest BCUT2D eigenvalue weighted by molar-refractivity contribution is 5.29. The van der Waals surface area contributed by atoms with Gasteiger partial charge in [0, 0.05) is 6.42 Å². The van der Waals surface area contributed by atoms with Crippen LogP contribution in [0.4, 0.5) is 0 Å². The predicted molar refractivity (Wildman–Crippen MR) is 74.5 cm³/mol. The van der Waals surface area contributed by atoms with E-state index in [0.29, 0.717) is 6.54 Å². The van der Waals surface area contributed by atoms with Crippen molar-refractivity contribution in [2.75, 3.05) is 0 Å². The van der Waals surface area contributed by atoms with Crippen molar-refractivity contribution < 1.29 is 4.42 Å². The summed E-state index contributed by atoms with van der Waals surface area (Å²) < 4.78 is 5.61. The van der Waals surface area contributed by atoms with Gasteiger partial charge in [-0.15, -0.1) is 0 Å². The van der Waals surface area contributed by atoms with Gasteiger partial charge in [-0.3, -0.25) is 0 Å². The minimum Gasteiger partial charge on any atom is -0.464 e. The number of hydrogen-bond donors (Lipinski definition) is 1. The number of rotatable bonds is 3. The van der Waals surface area contributed by atoms with Crippen LogP contribution >= 0.6 is 0 Å². The number of furan rings is 1. The lowest BCUT2D eigenvalue weighted by atomic mass is 9.86. The molecule has 0 saturated heterocycles. The Balaban J connectivity index is 2.11. The molecule has 1 heterocycles. The lowest BCUT2D eigenvalue weighted by Gasteiger charge is -2.19. The molecular weight excluding hydrogens is 222 g/mol. The average Bonchev–Trinajstić information content (AvgIpc) is 2.76. The second-order valence-electron chi connectivity index (χ2n) is 5.70. The first-order valence-corrected chi connectivity index (χ1v) is 6.36. The van der Waals surface area contributed by atoms with Gasteiger partial charge in [0.1, 0.15) is 11.5 Å². The first kappa shape index (κ1) is 12.9. The van der Waals surface area contributed by atoms with Crippen LogP contribution in [0.2, 0.25) is 0 Å². The van der Waals surface area contributed by atoms with E-state index in [1.165, 1.54) is 11.1 Å². The third-order valence-electron chi connectivity index (χ3n) is 3.12. The Hall–Kier alpha value is -1.54. The number of nitrogens with two attached hydrogens (primary N) is 1. The van der Waals surface area contributed by atoms with Crippen molar-refractivity contribution in [1.82, 2.24) is 0 Å². The lowest BCUT2D eigenvalue weighted by molar-refractivity contribution is 0.475. The smallest absolute Gasteiger partial charge is 0.117 e. The van der Waals surface area contributed by atoms with Gasteiger partial charge in [-0.1, -0.05) is 45.0 Å². The van der Waals surface area contributed by atoms with Crippen LogP contribution in [0.1, 0.15) is 43.4 Å². The Labute approximate surface area is 109 Å². The molecule has 18 heavy (non-hydrogen) atoms. The maximum Gasteiger partial charge on any atom is 0.117 e. The van der Waals surface area contributed by atoms with Crippen LogP contribution in [0.15, 0.2) is 40.8 Å². The molecule has 0 radical (unpaired) electrons. The third-order valence-corrected chi connectivity index (χ3v) is 3.12. The molecule has 96 valence electrons. The summed E-state index contributed by atoms with van der Waals surface area (Å²) >= 11 is 0. The van der Waals surface area contributed by atoms with E-state index in [-0.39, 0.29) is 5.41 Å². The van der Waals surface area contributed by atoms with Gasteiger partial charge in [0.15, 0.2) is 0 Å². The molecule has 1 aromatic heterocycles. The molecular formula is C16H21NO. The standard InChI is InChI=1S/C16H21NO/c1-16(2,3)13-6-4-12(5-7-13)10-14-8-9-15(11-17)18-14/h4-9H,10-11,17H2,1-3H3. The van der Waals surface area contributed by atoms with Gasteiger partial charge in [-0.2, -0.15) is 0 Å². The van der Waals surface area contributed by atoms with Crippen molar-refractivity contribution in [1.29, 1.82) is 0 Å². The van der Waals surface area contributed by atoms with Crippen molar-refractivity contribution in [2.45, 2.75) is 39.2 Å². The summed E-state index contributed by atoms with van der Waals surface area (Å²) in [6, 6.07) is 12.7. The van der Waals surface area contributed by atoms with Crippen molar-refractivity contribution in [3.05, 3.63) is 59.0 Å². The first-order valence-electron chi connectivity index (χ1n) is 6.36. The van der Waals surface area contributed by atoms with E-state index in [0.717, 1.165) is 17.9 Å². The van der Waals surface area contributed by atoms with Crippen LogP contribution in [0.5, 0.6) is 0 Å². The second kappa shape index (κ2) is 4.99. The van der Waals surface area contributed by atoms with Gasteiger partial charge in [0.2, 0.25) is 0 Å². The molecule has 1 aromatic carbocycles. The Kier molecular flexibility index (Phi) is 3.58. The van der Waals surface area contributed by atoms with Gasteiger partial charge < -0.3 is 10.2 Å². The largest absolute Gasteiger partial charge is 0.464 e. The topological polar surface area (TPSA) is 39.2 Å². The highest BCUT2D eigenvalue weighted by Crippen LogP contribution is 2.23. The van der Waals surface area contributed by atoms with Gasteiger partial charge in [0.05, 0.1) is 6.54 Å². The summed E-state index contributed by atoms with van der Waals surface area (Å²) in [5.41, 5.74) is 8.35. The normalized spacial score (nSPS) is 11.8. The Morgan fingerprint density at radius 1 is 0.944 bits per heavy atom. The summed E-state index contributed by atoms with van der Waals surface area (Å²) in [6.45, 7) is 7.13. The molecule has 0 spiro atoms. The summed E-state index contributed by atoms with van der Waals surface area (Å²) in [4.78, 5) is 0. The first-order chi connectivity index (χ1) is 8.49. The van der Waals surface area contributed by atoms with E-state index in [9.17, 15) is 0 Å². The van der Waals surface area contributed by atoms with Gasteiger partial charge in [-0.05, 0) is 28.7 Å². The summed E-state index contributed by atoms with van der Waals surface area (Å²) in [5, 5.41) is 0. The molecule has 2 nitrogen and oxygen atoms in total. The molecule has 0 bridgehead atoms. The van der Waals surface area contributed by atoms with Gasteiger partial charge in [-0.25, -0.2) is 0 Å². The molecule has 2 aromatic rings. The minimum absolute atomic E-state index is 0.204. The quantitative estimate of drug-likeness (QED) is 0.894. The summed E-state index contributed by atoms with van der Waals surface area (Å²) in [5.74, 6) is 1.82. The molecule has 0 fully saturated rings. The minimum atomic E-state index is 0.204. The molecule has 0 aliphatic carbocycles. The van der Waals surface area contributed by atoms with Gasteiger partial charge >= 0.3 is 0 Å². The highest BCUT2D eigenvalue weighted by atomic mass is 16.3. The van der Waals surface area contributed by atoms with Crippen LogP contribution in [0, 0.1) is 0 Å². The maximum absolute atomic E-state index is 5.61. The van der Waals surface area contributed by atoms with E-state index >= 15 is 0 Å². The number of benzene rings is 1. The average molecular weight is 243 g/mol. The molecule has 0 saturated carbocycles. The zero-order valence-corrected chi connectivity index (χ0v) is 11.4. The van der Waals surface area contributed by atoms with Gasteiger partial charge in [0.25, 0.3) is 0 Å². The molecule has 2 N–H and O–H groups in total. The highest BCUT2D eigenvalue weighted by Gasteiger charge is 2.13. The lowest BCUT2D eigenvalue weighted by Crippen LogP contribution is -2.10. The molecule has 0 atom stereocenters. The Morgan fingerprint density at radius 3 is 2.06 bits per heavy atom. The van der Waals surface area contributed by atoms with Crippen molar-refractivity contribution in [3.63, 3.8) is 0 Å². The summed E-state index contributed by atoms with van der Waals surface area (Å²) in [6.07, 6.45) is 0.824. The van der Waals surface area contributed by atoms with Crippen LogP contribution < -0.4 is 5.73 Å². The monoisotopic (exact) mass is 243 g/mol. The van der Waals surface area contributed by atoms with E-state index in [1.54, 1.807) is 0 Å². The van der Waals surface area contributed by atoms with Crippen LogP contribution in [-0.2, 0) is 18.4 Å². The molecule has 0 aliphatic heterocycles. The maximum atomic E-state index is 5.61. The SMILES string of the molecule is CC(C)(C)c1ccc(Cc2ccc(CN)o2)cc1. The summed E-state index contributed by atoms with van der Waals surface area (Å²) in [7, 11) is 0. The fourth-order valence-corrected chi connectivity index (χ4v) is 1.95. The van der Waals surface area contributed by atoms with Crippen LogP contribution in [0.3, 0.4) is 0 Å². The zero-order chi connectivity index (χ0) is 13.2. The van der Waals surface area contributed by atoms with E-state index in [2.05, 4.69) is 45.0 Å². The third kappa shape index (κ3) is 3.02. The fraction of sp³-hybridized carbons (Fsp3) is 0.375.